The first-order valence-corrected chi connectivity index (χ1v) is 29.5. The van der Waals surface area contributed by atoms with Crippen LogP contribution in [0.2, 0.25) is 0 Å². The van der Waals surface area contributed by atoms with Crippen LogP contribution >= 0.6 is 0 Å². The van der Waals surface area contributed by atoms with Crippen LogP contribution in [0.25, 0.3) is 10.8 Å². The summed E-state index contributed by atoms with van der Waals surface area (Å²) >= 11 is 0. The zero-order valence-electron chi connectivity index (χ0n) is 49.0. The lowest BCUT2D eigenvalue weighted by molar-refractivity contribution is -0.134. The number of piperazine rings is 2. The lowest BCUT2D eigenvalue weighted by atomic mass is 9.89. The van der Waals surface area contributed by atoms with Gasteiger partial charge in [0.25, 0.3) is 17.4 Å². The quantitative estimate of drug-likeness (QED) is 0.0857. The van der Waals surface area contributed by atoms with Crippen LogP contribution in [0.1, 0.15) is 116 Å². The SMILES string of the molecule is CC.CCC.CCOc1cc(OC)ccc1CNCC(=O)N1CCCC(c2cccc(C(=O)NCC(=O)N3CCN(CC4CCN(CC(=O)N5CCN(C(=O)c6cc(Cc7n[nH]c(=O)c8ccccc78)ccc6F)CC5)CC4)CC3)c2)C1. The number of methoxy groups -OCH3 is 1. The van der Waals surface area contributed by atoms with Crippen LogP contribution in [0.4, 0.5) is 4.39 Å². The Hall–Kier alpha value is -7.22. The van der Waals surface area contributed by atoms with Crippen molar-refractivity contribution in [1.82, 2.24) is 50.2 Å². The van der Waals surface area contributed by atoms with Crippen LogP contribution < -0.4 is 25.7 Å². The monoisotopic (exact) mass is 1130 g/mol. The van der Waals surface area contributed by atoms with E-state index >= 15 is 4.39 Å². The highest BCUT2D eigenvalue weighted by molar-refractivity contribution is 5.97. The molecule has 19 heteroatoms. The number of likely N-dealkylation sites (tertiary alicyclic amines) is 2. The number of fused-ring (bicyclic) bond motifs is 1. The zero-order chi connectivity index (χ0) is 58.5. The minimum Gasteiger partial charge on any atom is -0.497 e. The van der Waals surface area contributed by atoms with E-state index in [0.717, 1.165) is 75.3 Å². The largest absolute Gasteiger partial charge is 0.497 e. The van der Waals surface area contributed by atoms with Gasteiger partial charge in [-0.2, -0.15) is 5.10 Å². The Bertz CT molecular complexity index is 2990. The Labute approximate surface area is 482 Å². The van der Waals surface area contributed by atoms with Crippen molar-refractivity contribution in [3.05, 3.63) is 135 Å². The van der Waals surface area contributed by atoms with E-state index in [1.807, 2.05) is 79.1 Å². The number of benzene rings is 4. The van der Waals surface area contributed by atoms with Gasteiger partial charge in [-0.1, -0.05) is 76.6 Å². The third kappa shape index (κ3) is 16.9. The highest BCUT2D eigenvalue weighted by Gasteiger charge is 2.31. The van der Waals surface area contributed by atoms with E-state index in [4.69, 9.17) is 9.47 Å². The molecule has 82 heavy (non-hydrogen) atoms. The van der Waals surface area contributed by atoms with Gasteiger partial charge in [-0.05, 0) is 99.1 Å². The number of hydrogen-bond donors (Lipinski definition) is 3. The van der Waals surface area contributed by atoms with Crippen molar-refractivity contribution >= 4 is 40.3 Å². The predicted molar refractivity (Wildman–Crippen MR) is 317 cm³/mol. The van der Waals surface area contributed by atoms with Crippen LogP contribution in [-0.4, -0.2) is 188 Å². The number of nitrogens with one attached hydrogen (secondary N) is 3. The highest BCUT2D eigenvalue weighted by Crippen LogP contribution is 2.29. The summed E-state index contributed by atoms with van der Waals surface area (Å²) in [5, 5.41) is 14.1. The maximum Gasteiger partial charge on any atom is 0.272 e. The molecule has 4 aliphatic rings. The molecule has 0 aliphatic carbocycles. The molecule has 442 valence electrons. The molecule has 5 heterocycles. The van der Waals surface area contributed by atoms with Crippen molar-refractivity contribution in [3.8, 4) is 11.5 Å². The Morgan fingerprint density at radius 1 is 0.707 bits per heavy atom. The number of nitrogens with zero attached hydrogens (tertiary/aromatic N) is 7. The summed E-state index contributed by atoms with van der Waals surface area (Å²) < 4.78 is 26.2. The Balaban J connectivity index is 0.00000187. The van der Waals surface area contributed by atoms with Gasteiger partial charge in [0.2, 0.25) is 17.7 Å². The van der Waals surface area contributed by atoms with Crippen LogP contribution in [0.3, 0.4) is 0 Å². The first kappa shape index (κ1) is 62.4. The molecular formula is C63H85FN10O8. The van der Waals surface area contributed by atoms with Gasteiger partial charge in [-0.3, -0.25) is 38.6 Å². The van der Waals surface area contributed by atoms with Gasteiger partial charge in [-0.15, -0.1) is 0 Å². The minimum atomic E-state index is -0.612. The number of halogens is 1. The highest BCUT2D eigenvalue weighted by atomic mass is 19.1. The zero-order valence-corrected chi connectivity index (χ0v) is 49.0. The van der Waals surface area contributed by atoms with E-state index in [1.165, 1.54) is 12.5 Å². The molecule has 4 saturated heterocycles. The second-order valence-electron chi connectivity index (χ2n) is 21.3. The molecule has 18 nitrogen and oxygen atoms in total. The molecule has 3 N–H and O–H groups in total. The van der Waals surface area contributed by atoms with Gasteiger partial charge in [0, 0.05) is 113 Å². The fourth-order valence-electron chi connectivity index (χ4n) is 11.1. The maximum absolute atomic E-state index is 15.1. The van der Waals surface area contributed by atoms with Crippen molar-refractivity contribution in [1.29, 1.82) is 0 Å². The second kappa shape index (κ2) is 31.3. The van der Waals surface area contributed by atoms with Gasteiger partial charge in [0.1, 0.15) is 17.3 Å². The smallest absolute Gasteiger partial charge is 0.272 e. The molecule has 5 amide bonds. The molecule has 0 saturated carbocycles. The van der Waals surface area contributed by atoms with Crippen LogP contribution in [0, 0.1) is 11.7 Å². The molecule has 9 rings (SSSR count). The molecular weight excluding hydrogens is 1040 g/mol. The fraction of sp³-hybridized carbons (Fsp3) is 0.508. The molecule has 1 unspecified atom stereocenters. The van der Waals surface area contributed by atoms with E-state index in [0.29, 0.717) is 118 Å². The second-order valence-corrected chi connectivity index (χ2v) is 21.3. The predicted octanol–water partition coefficient (Wildman–Crippen LogP) is 6.57. The van der Waals surface area contributed by atoms with Crippen LogP contribution in [0.5, 0.6) is 11.5 Å². The molecule has 4 aliphatic heterocycles. The standard InChI is InChI=1S/C58H71FN10O8.C3H8.C2H6/c1-3-77-52-33-46(76-2)15-14-44(52)34-60-35-53(70)69-19-7-10-45(38-69)42-8-6-9-43(32-42)56(73)61-36-54(71)66-24-22-65(23-25-66)37-40-17-20-64(21-18-40)39-55(72)67-26-28-68(29-27-67)58(75)49-30-41(13-16-50(49)59)31-51-47-11-4-5-12-48(47)57(74)63-62-51;1-3-2;1-2/h4-6,8-9,11-16,30,32-33,40,45,60H,3,7,10,17-29,31,34-39H2,1-2H3,(H,61,73)(H,63,74);3H2,1-2H3;1-2H3. The number of carbonyl (C=O) groups excluding carboxylic acids is 5. The number of aromatic amines is 1. The summed E-state index contributed by atoms with van der Waals surface area (Å²) in [5.41, 5.74) is 3.43. The lowest BCUT2D eigenvalue weighted by Crippen LogP contribution is -2.54. The molecule has 0 radical (unpaired) electrons. The summed E-state index contributed by atoms with van der Waals surface area (Å²) in [6.45, 7) is 19.5. The number of rotatable bonds is 18. The van der Waals surface area contributed by atoms with E-state index in [-0.39, 0.29) is 53.8 Å². The fourth-order valence-corrected chi connectivity index (χ4v) is 11.1. The normalized spacial score (nSPS) is 17.0. The number of H-pyrrole nitrogens is 1. The summed E-state index contributed by atoms with van der Waals surface area (Å²) in [5.74, 6) is 0.630. The number of amides is 5. The topological polar surface area (TPSA) is 193 Å². The van der Waals surface area contributed by atoms with Crippen LogP contribution in [0.15, 0.2) is 89.7 Å². The number of carbonyl (C=O) groups is 5. The molecule has 1 atom stereocenters. The van der Waals surface area contributed by atoms with Gasteiger partial charge >= 0.3 is 0 Å². The van der Waals surface area contributed by atoms with E-state index in [1.54, 1.807) is 47.2 Å². The van der Waals surface area contributed by atoms with Crippen molar-refractivity contribution < 1.29 is 37.8 Å². The Morgan fingerprint density at radius 3 is 2.11 bits per heavy atom. The average Bonchev–Trinajstić information content (AvgIpc) is 3.71. The van der Waals surface area contributed by atoms with E-state index in [9.17, 15) is 28.8 Å². The Morgan fingerprint density at radius 2 is 1.39 bits per heavy atom. The van der Waals surface area contributed by atoms with Crippen molar-refractivity contribution in [2.75, 3.05) is 118 Å². The van der Waals surface area contributed by atoms with Crippen LogP contribution in [-0.2, 0) is 27.3 Å². The third-order valence-corrected chi connectivity index (χ3v) is 15.6. The number of aromatic nitrogens is 2. The number of piperidine rings is 2. The summed E-state index contributed by atoms with van der Waals surface area (Å²) in [4.78, 5) is 91.0. The first-order chi connectivity index (χ1) is 39.8. The average molecular weight is 1130 g/mol. The van der Waals surface area contributed by atoms with Crippen molar-refractivity contribution in [2.24, 2.45) is 5.92 Å². The molecule has 4 fully saturated rings. The van der Waals surface area contributed by atoms with E-state index in [2.05, 4.69) is 44.5 Å². The Kier molecular flexibility index (Phi) is 23.8. The lowest BCUT2D eigenvalue weighted by Gasteiger charge is -2.39. The minimum absolute atomic E-state index is 0.0258. The van der Waals surface area contributed by atoms with Crippen molar-refractivity contribution in [2.45, 2.75) is 85.6 Å². The first-order valence-electron chi connectivity index (χ1n) is 29.5. The van der Waals surface area contributed by atoms with Gasteiger partial charge in [0.15, 0.2) is 0 Å². The molecule has 0 spiro atoms. The van der Waals surface area contributed by atoms with Gasteiger partial charge in [-0.25, -0.2) is 9.49 Å². The molecule has 1 aromatic heterocycles. The maximum atomic E-state index is 15.1. The number of ether oxygens (including phenoxy) is 2. The van der Waals surface area contributed by atoms with Gasteiger partial charge in [0.05, 0.1) is 50.0 Å². The molecule has 4 aromatic carbocycles. The molecule has 5 aromatic rings. The van der Waals surface area contributed by atoms with Crippen molar-refractivity contribution in [3.63, 3.8) is 0 Å². The molecule has 0 bridgehead atoms. The van der Waals surface area contributed by atoms with E-state index < -0.39 is 11.7 Å². The number of hydrogen-bond acceptors (Lipinski definition) is 12. The van der Waals surface area contributed by atoms with Gasteiger partial charge < -0.3 is 39.7 Å². The third-order valence-electron chi connectivity index (χ3n) is 15.6. The summed E-state index contributed by atoms with van der Waals surface area (Å²) in [6.07, 6.45) is 5.27. The summed E-state index contributed by atoms with van der Waals surface area (Å²) in [7, 11) is 1.62. The summed E-state index contributed by atoms with van der Waals surface area (Å²) in [6, 6.07) is 24.8.